The number of benzene rings is 2. The molecular formula is C36H48N4O7S. The fraction of sp³-hybridized carbons (Fsp3) is 0.500. The Morgan fingerprint density at radius 3 is 2.38 bits per heavy atom. The number of carbonyl (C=O) groups excluding carboxylic acids is 2. The molecule has 1 aliphatic heterocycles. The first-order valence-electron chi connectivity index (χ1n) is 16.5. The summed E-state index contributed by atoms with van der Waals surface area (Å²) in [6.07, 6.45) is 7.66. The van der Waals surface area contributed by atoms with E-state index in [1.165, 1.54) is 19.0 Å². The maximum absolute atomic E-state index is 14.1. The molecule has 2 aromatic carbocycles. The van der Waals surface area contributed by atoms with Crippen LogP contribution in [0.1, 0.15) is 80.3 Å². The first-order chi connectivity index (χ1) is 22.7. The topological polar surface area (TPSA) is 133 Å². The number of esters is 1. The second kappa shape index (κ2) is 14.4. The Labute approximate surface area is 283 Å². The van der Waals surface area contributed by atoms with Crippen LogP contribution in [0.15, 0.2) is 42.0 Å². The van der Waals surface area contributed by atoms with Crippen molar-refractivity contribution in [3.05, 3.63) is 58.7 Å². The quantitative estimate of drug-likeness (QED) is 0.214. The Morgan fingerprint density at radius 2 is 1.71 bits per heavy atom. The number of fused-ring (bicyclic) bond motifs is 5. The number of ether oxygens (including phenoxy) is 3. The summed E-state index contributed by atoms with van der Waals surface area (Å²) in [5, 5.41) is 6.23. The van der Waals surface area contributed by atoms with Gasteiger partial charge in [-0.2, -0.15) is 12.7 Å². The first kappa shape index (κ1) is 35.6. The highest BCUT2D eigenvalue weighted by molar-refractivity contribution is 7.86. The lowest BCUT2D eigenvalue weighted by Gasteiger charge is -2.24. The molecule has 1 fully saturated rings. The second-order valence-corrected chi connectivity index (χ2v) is 15.4. The lowest BCUT2D eigenvalue weighted by atomic mass is 9.81. The van der Waals surface area contributed by atoms with Crippen LogP contribution in [0.25, 0.3) is 28.2 Å². The molecule has 0 atom stereocenters. The predicted octanol–water partition coefficient (Wildman–Crippen LogP) is 5.33. The highest BCUT2D eigenvalue weighted by Crippen LogP contribution is 2.47. The van der Waals surface area contributed by atoms with Crippen molar-refractivity contribution >= 4 is 39.1 Å². The number of carbonyl (C=O) groups is 2. The van der Waals surface area contributed by atoms with Crippen molar-refractivity contribution in [1.29, 1.82) is 0 Å². The Morgan fingerprint density at radius 1 is 1.00 bits per heavy atom. The summed E-state index contributed by atoms with van der Waals surface area (Å²) < 4.78 is 43.1. The Bertz CT molecular complexity index is 1820. The summed E-state index contributed by atoms with van der Waals surface area (Å²) in [4.78, 5) is 28.9. The summed E-state index contributed by atoms with van der Waals surface area (Å²) in [6.45, 7) is 6.64. The minimum atomic E-state index is -3.78. The van der Waals surface area contributed by atoms with Crippen LogP contribution in [0.4, 0.5) is 0 Å². The Hall–Kier alpha value is -3.71. The summed E-state index contributed by atoms with van der Waals surface area (Å²) in [5.74, 6) is 0.496. The van der Waals surface area contributed by atoms with Crippen LogP contribution in [0.5, 0.6) is 5.75 Å². The van der Waals surface area contributed by atoms with Crippen LogP contribution in [-0.4, -0.2) is 87.2 Å². The van der Waals surface area contributed by atoms with Gasteiger partial charge in [0.2, 0.25) is 0 Å². The molecule has 48 heavy (non-hydrogen) atoms. The monoisotopic (exact) mass is 680 g/mol. The molecule has 0 saturated heterocycles. The van der Waals surface area contributed by atoms with Gasteiger partial charge in [0.25, 0.3) is 16.1 Å². The molecule has 2 heterocycles. The zero-order chi connectivity index (χ0) is 34.8. The van der Waals surface area contributed by atoms with Gasteiger partial charge in [0, 0.05) is 49.2 Å². The fourth-order valence-electron chi connectivity index (χ4n) is 6.61. The maximum atomic E-state index is 14.1. The van der Waals surface area contributed by atoms with Gasteiger partial charge in [0.15, 0.2) is 0 Å². The van der Waals surface area contributed by atoms with Crippen molar-refractivity contribution in [2.45, 2.75) is 70.9 Å². The minimum Gasteiger partial charge on any atom is -0.497 e. The smallest absolute Gasteiger partial charge is 0.338 e. The van der Waals surface area contributed by atoms with Crippen LogP contribution in [0.2, 0.25) is 0 Å². The molecular weight excluding hydrogens is 632 g/mol. The summed E-state index contributed by atoms with van der Waals surface area (Å²) in [7, 11) is 0.955. The van der Waals surface area contributed by atoms with E-state index in [1.54, 1.807) is 19.1 Å². The Balaban J connectivity index is 1.54. The van der Waals surface area contributed by atoms with Gasteiger partial charge >= 0.3 is 5.97 Å². The summed E-state index contributed by atoms with van der Waals surface area (Å²) >= 11 is 0. The van der Waals surface area contributed by atoms with Gasteiger partial charge in [-0.1, -0.05) is 25.3 Å². The van der Waals surface area contributed by atoms with Crippen molar-refractivity contribution in [2.24, 2.45) is 5.14 Å². The van der Waals surface area contributed by atoms with Gasteiger partial charge in [0.05, 0.1) is 38.1 Å². The van der Waals surface area contributed by atoms with E-state index in [9.17, 15) is 18.0 Å². The number of hydrogen-bond donors (Lipinski definition) is 1. The number of amides is 1. The lowest BCUT2D eigenvalue weighted by Crippen LogP contribution is -2.36. The normalized spacial score (nSPS) is 15.5. The number of aromatic nitrogens is 1. The first-order valence-corrected chi connectivity index (χ1v) is 18.0. The van der Waals surface area contributed by atoms with Gasteiger partial charge in [0.1, 0.15) is 11.4 Å². The van der Waals surface area contributed by atoms with Gasteiger partial charge in [-0.05, 0) is 87.1 Å². The zero-order valence-corrected chi connectivity index (χ0v) is 29.7. The van der Waals surface area contributed by atoms with E-state index in [-0.39, 0.29) is 31.6 Å². The van der Waals surface area contributed by atoms with Crippen molar-refractivity contribution in [3.8, 4) is 17.0 Å². The zero-order valence-electron chi connectivity index (χ0n) is 28.9. The fourth-order valence-corrected chi connectivity index (χ4v) is 6.93. The van der Waals surface area contributed by atoms with E-state index >= 15 is 0 Å². The average molecular weight is 681 g/mol. The molecule has 1 aliphatic carbocycles. The highest BCUT2D eigenvalue weighted by Gasteiger charge is 2.31. The van der Waals surface area contributed by atoms with Crippen molar-refractivity contribution < 1.29 is 32.2 Å². The van der Waals surface area contributed by atoms with Crippen molar-refractivity contribution in [3.63, 3.8) is 0 Å². The molecule has 0 unspecified atom stereocenters. The third-order valence-corrected chi connectivity index (χ3v) is 10.2. The molecule has 0 bridgehead atoms. The molecule has 11 nitrogen and oxygen atoms in total. The van der Waals surface area contributed by atoms with Gasteiger partial charge in [-0.3, -0.25) is 4.79 Å². The lowest BCUT2D eigenvalue weighted by molar-refractivity contribution is -0.126. The van der Waals surface area contributed by atoms with Gasteiger partial charge < -0.3 is 23.7 Å². The third-order valence-electron chi connectivity index (χ3n) is 9.10. The average Bonchev–Trinajstić information content (AvgIpc) is 3.25. The Kier molecular flexibility index (Phi) is 10.7. The number of rotatable bonds is 11. The van der Waals surface area contributed by atoms with Crippen molar-refractivity contribution in [2.75, 3.05) is 47.5 Å². The molecule has 12 heteroatoms. The number of likely N-dealkylation sites (N-methyl/N-ethyl adjacent to an activating group) is 2. The molecule has 1 saturated carbocycles. The number of nitrogens with two attached hydrogens (primary N) is 1. The second-order valence-electron chi connectivity index (χ2n) is 13.7. The van der Waals surface area contributed by atoms with E-state index in [1.807, 2.05) is 57.2 Å². The molecule has 0 radical (unpaired) electrons. The molecule has 2 N–H and O–H groups in total. The van der Waals surface area contributed by atoms with Gasteiger partial charge in [-0.25, -0.2) is 9.93 Å². The van der Waals surface area contributed by atoms with E-state index in [2.05, 4.69) is 10.6 Å². The van der Waals surface area contributed by atoms with E-state index in [0.29, 0.717) is 35.9 Å². The molecule has 5 rings (SSSR count). The highest BCUT2D eigenvalue weighted by atomic mass is 32.2. The van der Waals surface area contributed by atoms with Crippen LogP contribution in [0.3, 0.4) is 0 Å². The molecule has 1 aromatic heterocycles. The predicted molar refractivity (Wildman–Crippen MR) is 187 cm³/mol. The van der Waals surface area contributed by atoms with E-state index in [4.69, 9.17) is 19.3 Å². The van der Waals surface area contributed by atoms with E-state index in [0.717, 1.165) is 57.7 Å². The SMILES string of the molecule is COc1ccc2c(c1)C=C(C(=O)N(C)CCOCCN(C)S(N)(=O)=O)Cn1c-2c(C2CCCCC2)c2ccc(C(=O)OC(C)(C)C)cc21. The third kappa shape index (κ3) is 7.94. The molecule has 260 valence electrons. The number of methoxy groups -OCH3 is 1. The maximum Gasteiger partial charge on any atom is 0.338 e. The van der Waals surface area contributed by atoms with Crippen molar-refractivity contribution in [1.82, 2.24) is 13.8 Å². The standard InChI is InChI=1S/C36H48N4O7S/c1-36(2,3)47-35(42)25-12-14-30-31(22-25)40-23-27(34(41)38(4)16-18-46-19-17-39(5)48(37,43)44)20-26-21-28(45-6)13-15-29(26)33(40)32(30)24-10-8-7-9-11-24/h12-15,20-22,24H,7-11,16-19,23H2,1-6H3,(H2,37,43,44). The summed E-state index contributed by atoms with van der Waals surface area (Å²) in [5.41, 5.74) is 5.53. The number of nitrogens with zero attached hydrogens (tertiary/aromatic N) is 3. The van der Waals surface area contributed by atoms with Crippen LogP contribution >= 0.6 is 0 Å². The van der Waals surface area contributed by atoms with Gasteiger partial charge in [-0.15, -0.1) is 0 Å². The molecule has 1 amide bonds. The molecule has 3 aromatic rings. The van der Waals surface area contributed by atoms with Crippen LogP contribution < -0.4 is 9.88 Å². The molecule has 0 spiro atoms. The number of hydrogen-bond acceptors (Lipinski definition) is 7. The van der Waals surface area contributed by atoms with Crippen LogP contribution in [-0.2, 0) is 31.0 Å². The largest absolute Gasteiger partial charge is 0.497 e. The van der Waals surface area contributed by atoms with E-state index < -0.39 is 15.8 Å². The van der Waals surface area contributed by atoms with Crippen LogP contribution in [0, 0.1) is 0 Å². The minimum absolute atomic E-state index is 0.109. The molecule has 2 aliphatic rings. The summed E-state index contributed by atoms with van der Waals surface area (Å²) in [6, 6.07) is 11.8.